The Bertz CT molecular complexity index is 1140. The number of nitrogens with zero attached hydrogens (tertiary/aromatic N) is 2. The summed E-state index contributed by atoms with van der Waals surface area (Å²) < 4.78 is 6.37. The third-order valence-electron chi connectivity index (χ3n) is 4.22. The average molecular weight is 360 g/mol. The summed E-state index contributed by atoms with van der Waals surface area (Å²) in [5, 5.41) is 19.4. The van der Waals surface area contributed by atoms with Gasteiger partial charge >= 0.3 is 0 Å². The lowest BCUT2D eigenvalue weighted by molar-refractivity contribution is 0.103. The number of phenols is 1. The zero-order valence-electron chi connectivity index (χ0n) is 14.8. The maximum Gasteiger partial charge on any atom is 0.273 e. The van der Waals surface area contributed by atoms with Gasteiger partial charge in [-0.25, -0.2) is 0 Å². The maximum atomic E-state index is 12.9. The van der Waals surface area contributed by atoms with Crippen LogP contribution in [0.5, 0.6) is 11.5 Å². The number of ketones is 1. The molecule has 1 heterocycles. The molecule has 0 radical (unpaired) electrons. The van der Waals surface area contributed by atoms with Gasteiger partial charge in [-0.05, 0) is 42.8 Å². The highest BCUT2D eigenvalue weighted by Crippen LogP contribution is 2.26. The minimum absolute atomic E-state index is 0.0215. The Balaban J connectivity index is 2.22. The second-order valence-corrected chi connectivity index (χ2v) is 5.93. The van der Waals surface area contributed by atoms with Crippen LogP contribution in [0.3, 0.4) is 0 Å². The van der Waals surface area contributed by atoms with Gasteiger partial charge in [0.15, 0.2) is 5.78 Å². The number of benzene rings is 2. The summed E-state index contributed by atoms with van der Waals surface area (Å²) in [4.78, 5) is 25.5. The number of methoxy groups -OCH3 is 1. The van der Waals surface area contributed by atoms with E-state index >= 15 is 0 Å². The molecule has 0 fully saturated rings. The molecule has 0 aliphatic heterocycles. The van der Waals surface area contributed by atoms with Crippen molar-refractivity contribution in [1.29, 1.82) is 5.26 Å². The Kier molecular flexibility index (Phi) is 4.77. The first-order valence-corrected chi connectivity index (χ1v) is 8.10. The van der Waals surface area contributed by atoms with Gasteiger partial charge in [0.05, 0.1) is 18.4 Å². The van der Waals surface area contributed by atoms with Crippen LogP contribution >= 0.6 is 0 Å². The summed E-state index contributed by atoms with van der Waals surface area (Å²) in [6.07, 6.45) is 1.38. The second kappa shape index (κ2) is 7.18. The fourth-order valence-electron chi connectivity index (χ4n) is 2.78. The van der Waals surface area contributed by atoms with Gasteiger partial charge in [-0.1, -0.05) is 18.2 Å². The van der Waals surface area contributed by atoms with Gasteiger partial charge in [-0.3, -0.25) is 14.2 Å². The summed E-state index contributed by atoms with van der Waals surface area (Å²) in [6, 6.07) is 14.5. The number of carbonyl (C=O) groups excluding carboxylic acids is 1. The molecular formula is C21H16N2O4. The molecule has 0 saturated heterocycles. The Hall–Kier alpha value is -3.85. The van der Waals surface area contributed by atoms with E-state index in [4.69, 9.17) is 4.74 Å². The van der Waals surface area contributed by atoms with E-state index in [1.54, 1.807) is 12.1 Å². The van der Waals surface area contributed by atoms with Gasteiger partial charge in [0.2, 0.25) is 0 Å². The number of rotatable bonds is 4. The van der Waals surface area contributed by atoms with Gasteiger partial charge in [0, 0.05) is 11.8 Å². The van der Waals surface area contributed by atoms with Crippen LogP contribution in [0.25, 0.3) is 5.69 Å². The van der Waals surface area contributed by atoms with E-state index in [0.29, 0.717) is 11.4 Å². The van der Waals surface area contributed by atoms with E-state index in [2.05, 4.69) is 0 Å². The molecule has 134 valence electrons. The van der Waals surface area contributed by atoms with Crippen LogP contribution in [0.2, 0.25) is 0 Å². The monoisotopic (exact) mass is 360 g/mol. The fourth-order valence-corrected chi connectivity index (χ4v) is 2.78. The minimum Gasteiger partial charge on any atom is -0.507 e. The van der Waals surface area contributed by atoms with Crippen LogP contribution in [-0.2, 0) is 0 Å². The van der Waals surface area contributed by atoms with E-state index in [1.807, 2.05) is 25.1 Å². The van der Waals surface area contributed by atoms with Crippen molar-refractivity contribution in [3.8, 4) is 23.3 Å². The number of nitriles is 1. The highest BCUT2D eigenvalue weighted by atomic mass is 16.5. The fraction of sp³-hybridized carbons (Fsp3) is 0.0952. The molecular weight excluding hydrogens is 344 g/mol. The van der Waals surface area contributed by atoms with Crippen LogP contribution in [-0.4, -0.2) is 22.6 Å². The SMILES string of the molecule is COc1ccc(O)c(C(=O)c2cc(C#N)c(=O)n(-c3ccccc3C)c2)c1. The molecule has 1 N–H and O–H groups in total. The zero-order valence-corrected chi connectivity index (χ0v) is 14.8. The van der Waals surface area contributed by atoms with Gasteiger partial charge < -0.3 is 9.84 Å². The molecule has 0 atom stereocenters. The van der Waals surface area contributed by atoms with Crippen molar-refractivity contribution in [2.24, 2.45) is 0 Å². The van der Waals surface area contributed by atoms with Gasteiger partial charge in [-0.15, -0.1) is 0 Å². The normalized spacial score (nSPS) is 10.3. The van der Waals surface area contributed by atoms with Crippen LogP contribution in [0, 0.1) is 18.3 Å². The number of carbonyl (C=O) groups is 1. The average Bonchev–Trinajstić information content (AvgIpc) is 2.68. The lowest BCUT2D eigenvalue weighted by Crippen LogP contribution is -2.23. The number of hydrogen-bond donors (Lipinski definition) is 1. The molecule has 0 amide bonds. The third-order valence-corrected chi connectivity index (χ3v) is 4.22. The molecule has 6 heteroatoms. The number of aryl methyl sites for hydroxylation is 1. The van der Waals surface area contributed by atoms with Crippen molar-refractivity contribution in [1.82, 2.24) is 4.57 Å². The van der Waals surface area contributed by atoms with E-state index in [-0.39, 0.29) is 22.4 Å². The summed E-state index contributed by atoms with van der Waals surface area (Å²) >= 11 is 0. The molecule has 0 aliphatic carbocycles. The Morgan fingerprint density at radius 3 is 2.59 bits per heavy atom. The number of ether oxygens (including phenoxy) is 1. The van der Waals surface area contributed by atoms with Crippen molar-refractivity contribution in [2.45, 2.75) is 6.92 Å². The lowest BCUT2D eigenvalue weighted by Gasteiger charge is -2.12. The molecule has 1 aromatic heterocycles. The summed E-state index contributed by atoms with van der Waals surface area (Å²) in [6.45, 7) is 1.83. The van der Waals surface area contributed by atoms with Crippen molar-refractivity contribution in [3.05, 3.63) is 87.3 Å². The number of hydrogen-bond acceptors (Lipinski definition) is 5. The number of para-hydroxylation sites is 1. The predicted octanol–water partition coefficient (Wildman–Crippen LogP) is 2.96. The lowest BCUT2D eigenvalue weighted by atomic mass is 10.0. The molecule has 0 spiro atoms. The predicted molar refractivity (Wildman–Crippen MR) is 99.6 cm³/mol. The Morgan fingerprint density at radius 1 is 1.19 bits per heavy atom. The smallest absolute Gasteiger partial charge is 0.273 e. The summed E-state index contributed by atoms with van der Waals surface area (Å²) in [7, 11) is 1.45. The van der Waals surface area contributed by atoms with Crippen molar-refractivity contribution in [2.75, 3.05) is 7.11 Å². The van der Waals surface area contributed by atoms with Crippen molar-refractivity contribution in [3.63, 3.8) is 0 Å². The molecule has 0 unspecified atom stereocenters. The van der Waals surface area contributed by atoms with Crippen LogP contribution in [0.4, 0.5) is 0 Å². The highest BCUT2D eigenvalue weighted by molar-refractivity contribution is 6.10. The first kappa shape index (κ1) is 18.0. The quantitative estimate of drug-likeness (QED) is 0.722. The summed E-state index contributed by atoms with van der Waals surface area (Å²) in [5.74, 6) is -0.331. The van der Waals surface area contributed by atoms with E-state index in [9.17, 15) is 20.0 Å². The highest BCUT2D eigenvalue weighted by Gasteiger charge is 2.19. The standard InChI is InChI=1S/C21H16N2O4/c1-13-5-3-4-6-18(13)23-12-15(9-14(11-22)21(23)26)20(25)17-10-16(27-2)7-8-19(17)24/h3-10,12,24H,1-2H3. The molecule has 6 nitrogen and oxygen atoms in total. The first-order valence-electron chi connectivity index (χ1n) is 8.10. The number of phenolic OH excluding ortho intramolecular Hbond substituents is 1. The molecule has 0 saturated carbocycles. The minimum atomic E-state index is -0.523. The molecule has 0 bridgehead atoms. The van der Waals surface area contributed by atoms with E-state index < -0.39 is 11.3 Å². The topological polar surface area (TPSA) is 92.3 Å². The number of pyridine rings is 1. The zero-order chi connectivity index (χ0) is 19.6. The maximum absolute atomic E-state index is 12.9. The van der Waals surface area contributed by atoms with Crippen LogP contribution < -0.4 is 10.3 Å². The van der Waals surface area contributed by atoms with Gasteiger partial charge in [0.25, 0.3) is 5.56 Å². The number of aromatic hydroxyl groups is 1. The third kappa shape index (κ3) is 3.31. The number of aromatic nitrogens is 1. The molecule has 0 aliphatic rings. The second-order valence-electron chi connectivity index (χ2n) is 5.93. The largest absolute Gasteiger partial charge is 0.507 e. The van der Waals surface area contributed by atoms with E-state index in [0.717, 1.165) is 5.56 Å². The van der Waals surface area contributed by atoms with Crippen LogP contribution in [0.15, 0.2) is 59.5 Å². The van der Waals surface area contributed by atoms with Gasteiger partial charge in [0.1, 0.15) is 23.1 Å². The summed E-state index contributed by atoms with van der Waals surface area (Å²) in [5.41, 5.74) is 0.844. The molecule has 27 heavy (non-hydrogen) atoms. The Labute approximate surface area is 155 Å². The van der Waals surface area contributed by atoms with E-state index in [1.165, 1.54) is 42.1 Å². The molecule has 3 rings (SSSR count). The molecule has 3 aromatic rings. The Morgan fingerprint density at radius 2 is 1.93 bits per heavy atom. The van der Waals surface area contributed by atoms with Crippen molar-refractivity contribution < 1.29 is 14.6 Å². The van der Waals surface area contributed by atoms with Crippen molar-refractivity contribution >= 4 is 5.78 Å². The first-order chi connectivity index (χ1) is 13.0. The van der Waals surface area contributed by atoms with Crippen LogP contribution in [0.1, 0.15) is 27.0 Å². The van der Waals surface area contributed by atoms with Gasteiger partial charge in [-0.2, -0.15) is 5.26 Å². The molecule has 2 aromatic carbocycles.